The van der Waals surface area contributed by atoms with E-state index in [1.165, 1.54) is 23.2 Å². The van der Waals surface area contributed by atoms with Gasteiger partial charge in [0.05, 0.1) is 11.0 Å². The molecule has 13 heavy (non-hydrogen) atoms. The normalized spacial score (nSPS) is 13.3. The standard InChI is InChI=1S/C11H12N2/c1-2-4-13-5-3-9-11(13)7-8-6-10(8)12-9/h3,5,7H,2,4,6H2,1H3. The number of aryl methyl sites for hydroxylation is 1. The van der Waals surface area contributed by atoms with Gasteiger partial charge in [-0.15, -0.1) is 0 Å². The van der Waals surface area contributed by atoms with Crippen LogP contribution in [0.5, 0.6) is 0 Å². The maximum atomic E-state index is 4.55. The van der Waals surface area contributed by atoms with Crippen molar-refractivity contribution in [3.05, 3.63) is 29.6 Å². The van der Waals surface area contributed by atoms with E-state index in [-0.39, 0.29) is 0 Å². The molecule has 2 heterocycles. The van der Waals surface area contributed by atoms with Gasteiger partial charge in [-0.1, -0.05) is 6.92 Å². The smallest absolute Gasteiger partial charge is 0.0884 e. The van der Waals surface area contributed by atoms with E-state index in [9.17, 15) is 0 Å². The highest BCUT2D eigenvalue weighted by Gasteiger charge is 2.20. The molecule has 0 spiro atoms. The van der Waals surface area contributed by atoms with E-state index >= 15 is 0 Å². The third-order valence-electron chi connectivity index (χ3n) is 2.62. The quantitative estimate of drug-likeness (QED) is 0.580. The van der Waals surface area contributed by atoms with Crippen LogP contribution in [0.15, 0.2) is 18.3 Å². The van der Waals surface area contributed by atoms with Crippen molar-refractivity contribution >= 4 is 11.0 Å². The number of hydrogen-bond acceptors (Lipinski definition) is 1. The summed E-state index contributed by atoms with van der Waals surface area (Å²) in [5.41, 5.74) is 5.19. The molecule has 3 rings (SSSR count). The molecule has 0 amide bonds. The topological polar surface area (TPSA) is 17.8 Å². The van der Waals surface area contributed by atoms with Crippen LogP contribution in [0.2, 0.25) is 0 Å². The van der Waals surface area contributed by atoms with Crippen molar-refractivity contribution in [2.45, 2.75) is 26.3 Å². The molecule has 2 heteroatoms. The van der Waals surface area contributed by atoms with Crippen LogP contribution in [-0.4, -0.2) is 9.55 Å². The SMILES string of the molecule is CCCn1ccc2nc3c(cc21)C3. The Morgan fingerprint density at radius 1 is 1.54 bits per heavy atom. The molecular formula is C11H12N2. The zero-order valence-corrected chi connectivity index (χ0v) is 7.75. The number of aromatic nitrogens is 2. The fourth-order valence-electron chi connectivity index (χ4n) is 1.85. The van der Waals surface area contributed by atoms with Crippen LogP contribution < -0.4 is 0 Å². The molecule has 0 bridgehead atoms. The number of nitrogens with zero attached hydrogens (tertiary/aromatic N) is 2. The van der Waals surface area contributed by atoms with Crippen LogP contribution in [0.1, 0.15) is 24.6 Å². The summed E-state index contributed by atoms with van der Waals surface area (Å²) in [6.45, 7) is 3.30. The van der Waals surface area contributed by atoms with Crippen LogP contribution >= 0.6 is 0 Å². The zero-order chi connectivity index (χ0) is 8.84. The first-order valence-electron chi connectivity index (χ1n) is 4.86. The molecule has 0 aliphatic heterocycles. The Balaban J connectivity index is 2.21. The van der Waals surface area contributed by atoms with Gasteiger partial charge in [0, 0.05) is 24.9 Å². The van der Waals surface area contributed by atoms with E-state index in [1.807, 2.05) is 0 Å². The van der Waals surface area contributed by atoms with Crippen LogP contribution in [0.25, 0.3) is 11.0 Å². The summed E-state index contributed by atoms with van der Waals surface area (Å²) in [6.07, 6.45) is 4.43. The van der Waals surface area contributed by atoms with Gasteiger partial charge in [-0.2, -0.15) is 0 Å². The van der Waals surface area contributed by atoms with Gasteiger partial charge in [0.15, 0.2) is 0 Å². The molecule has 2 nitrogen and oxygen atoms in total. The van der Waals surface area contributed by atoms with Crippen LogP contribution in [0.3, 0.4) is 0 Å². The second-order valence-corrected chi connectivity index (χ2v) is 3.68. The van der Waals surface area contributed by atoms with E-state index in [0.717, 1.165) is 18.5 Å². The highest BCUT2D eigenvalue weighted by molar-refractivity contribution is 5.78. The number of rotatable bonds is 2. The highest BCUT2D eigenvalue weighted by atomic mass is 15.0. The van der Waals surface area contributed by atoms with Gasteiger partial charge in [0.1, 0.15) is 0 Å². The van der Waals surface area contributed by atoms with Crippen molar-refractivity contribution in [3.8, 4) is 0 Å². The molecule has 0 N–H and O–H groups in total. The molecule has 0 saturated heterocycles. The Morgan fingerprint density at radius 2 is 2.46 bits per heavy atom. The molecule has 0 fully saturated rings. The second kappa shape index (κ2) is 2.34. The maximum absolute atomic E-state index is 4.55. The minimum Gasteiger partial charge on any atom is -0.346 e. The molecule has 1 aliphatic carbocycles. The van der Waals surface area contributed by atoms with E-state index < -0.39 is 0 Å². The minimum absolute atomic E-state index is 1.10. The fourth-order valence-corrected chi connectivity index (χ4v) is 1.85. The van der Waals surface area contributed by atoms with E-state index in [0.29, 0.717) is 0 Å². The van der Waals surface area contributed by atoms with Crippen molar-refractivity contribution in [2.75, 3.05) is 0 Å². The highest BCUT2D eigenvalue weighted by Crippen LogP contribution is 2.29. The molecule has 0 radical (unpaired) electrons. The summed E-state index contributed by atoms with van der Waals surface area (Å²) in [4.78, 5) is 4.55. The second-order valence-electron chi connectivity index (χ2n) is 3.68. The van der Waals surface area contributed by atoms with Crippen molar-refractivity contribution < 1.29 is 0 Å². The summed E-state index contributed by atoms with van der Waals surface area (Å²) in [5, 5.41) is 0. The molecule has 0 unspecified atom stereocenters. The van der Waals surface area contributed by atoms with Gasteiger partial charge in [-0.05, 0) is 24.1 Å². The molecular weight excluding hydrogens is 160 g/mol. The Hall–Kier alpha value is -1.31. The van der Waals surface area contributed by atoms with Gasteiger partial charge < -0.3 is 4.57 Å². The van der Waals surface area contributed by atoms with Crippen molar-refractivity contribution in [3.63, 3.8) is 0 Å². The van der Waals surface area contributed by atoms with Gasteiger partial charge in [-0.3, -0.25) is 4.98 Å². The zero-order valence-electron chi connectivity index (χ0n) is 7.75. The van der Waals surface area contributed by atoms with E-state index in [1.54, 1.807) is 0 Å². The predicted octanol–water partition coefficient (Wildman–Crippen LogP) is 2.35. The number of pyridine rings is 1. The summed E-state index contributed by atoms with van der Waals surface area (Å²) < 4.78 is 2.29. The molecule has 0 saturated carbocycles. The van der Waals surface area contributed by atoms with Gasteiger partial charge in [-0.25, -0.2) is 0 Å². The van der Waals surface area contributed by atoms with Gasteiger partial charge >= 0.3 is 0 Å². The molecule has 66 valence electrons. The largest absolute Gasteiger partial charge is 0.346 e. The van der Waals surface area contributed by atoms with Crippen molar-refractivity contribution in [2.24, 2.45) is 0 Å². The Kier molecular flexibility index (Phi) is 1.29. The lowest BCUT2D eigenvalue weighted by atomic mass is 10.4. The number of hydrogen-bond donors (Lipinski definition) is 0. The van der Waals surface area contributed by atoms with E-state index in [4.69, 9.17) is 0 Å². The first kappa shape index (κ1) is 7.13. The van der Waals surface area contributed by atoms with Crippen molar-refractivity contribution in [1.29, 1.82) is 0 Å². The lowest BCUT2D eigenvalue weighted by Gasteiger charge is -2.00. The molecule has 0 atom stereocenters. The predicted molar refractivity (Wildman–Crippen MR) is 52.8 cm³/mol. The monoisotopic (exact) mass is 172 g/mol. The average Bonchev–Trinajstić information content (AvgIpc) is 2.79. The lowest BCUT2D eigenvalue weighted by molar-refractivity contribution is 0.703. The summed E-state index contributed by atoms with van der Waals surface area (Å²) >= 11 is 0. The van der Waals surface area contributed by atoms with E-state index in [2.05, 4.69) is 34.8 Å². The molecule has 2 aromatic rings. The summed E-state index contributed by atoms with van der Waals surface area (Å²) in [5.74, 6) is 0. The molecule has 2 aromatic heterocycles. The van der Waals surface area contributed by atoms with Crippen molar-refractivity contribution in [1.82, 2.24) is 9.55 Å². The third kappa shape index (κ3) is 0.981. The van der Waals surface area contributed by atoms with Gasteiger partial charge in [0.25, 0.3) is 0 Å². The minimum atomic E-state index is 1.10. The first-order chi connectivity index (χ1) is 6.38. The van der Waals surface area contributed by atoms with Gasteiger partial charge in [0.2, 0.25) is 0 Å². The maximum Gasteiger partial charge on any atom is 0.0884 e. The first-order valence-corrected chi connectivity index (χ1v) is 4.86. The molecule has 1 aliphatic rings. The third-order valence-corrected chi connectivity index (χ3v) is 2.62. The summed E-state index contributed by atoms with van der Waals surface area (Å²) in [7, 11) is 0. The van der Waals surface area contributed by atoms with Crippen LogP contribution in [-0.2, 0) is 13.0 Å². The number of fused-ring (bicyclic) bond motifs is 2. The van der Waals surface area contributed by atoms with Crippen LogP contribution in [0, 0.1) is 0 Å². The average molecular weight is 172 g/mol. The Bertz CT molecular complexity index is 468. The summed E-state index contributed by atoms with van der Waals surface area (Å²) in [6, 6.07) is 4.40. The lowest BCUT2D eigenvalue weighted by Crippen LogP contribution is -1.93. The fraction of sp³-hybridized carbons (Fsp3) is 0.364. The van der Waals surface area contributed by atoms with Crippen LogP contribution in [0.4, 0.5) is 0 Å². The Labute approximate surface area is 77.2 Å². The Morgan fingerprint density at radius 3 is 3.31 bits per heavy atom. The molecule has 0 aromatic carbocycles.